The van der Waals surface area contributed by atoms with Gasteiger partial charge in [-0.1, -0.05) is 23.2 Å². The van der Waals surface area contributed by atoms with Gasteiger partial charge in [0.15, 0.2) is 0 Å². The van der Waals surface area contributed by atoms with Gasteiger partial charge in [0.05, 0.1) is 10.0 Å². The molecule has 0 fully saturated rings. The number of H-pyrrole nitrogens is 1. The van der Waals surface area contributed by atoms with Gasteiger partial charge in [-0.15, -0.1) is 27.4 Å². The second-order valence-electron chi connectivity index (χ2n) is 3.36. The van der Waals surface area contributed by atoms with Gasteiger partial charge in [0.25, 0.3) is 5.24 Å². The molecule has 0 amide bonds. The molecule has 11 heteroatoms. The summed E-state index contributed by atoms with van der Waals surface area (Å²) in [6.45, 7) is 0. The number of carbonyl (C=O) groups is 1. The number of nitrogens with one attached hydrogen (secondary N) is 1. The van der Waals surface area contributed by atoms with Gasteiger partial charge < -0.3 is 0 Å². The van der Waals surface area contributed by atoms with E-state index in [1.54, 1.807) is 22.9 Å². The highest BCUT2D eigenvalue weighted by Gasteiger charge is 2.08. The molecule has 0 radical (unpaired) electrons. The molecule has 3 aromatic heterocycles. The van der Waals surface area contributed by atoms with Crippen LogP contribution in [0.1, 0.15) is 9.67 Å². The smallest absolute Gasteiger partial charge is 0.275 e. The number of thiophene rings is 2. The minimum absolute atomic E-state index is 0.389. The van der Waals surface area contributed by atoms with Crippen LogP contribution in [0.3, 0.4) is 0 Å². The van der Waals surface area contributed by atoms with Crippen molar-refractivity contribution in [3.05, 3.63) is 48.3 Å². The van der Waals surface area contributed by atoms with E-state index in [9.17, 15) is 9.59 Å². The molecule has 0 atom stereocenters. The van der Waals surface area contributed by atoms with Gasteiger partial charge in [0.2, 0.25) is 0 Å². The van der Waals surface area contributed by atoms with E-state index in [0.717, 1.165) is 4.68 Å². The number of tetrazole rings is 1. The van der Waals surface area contributed by atoms with Gasteiger partial charge >= 0.3 is 5.69 Å². The van der Waals surface area contributed by atoms with Crippen molar-refractivity contribution in [3.63, 3.8) is 0 Å². The summed E-state index contributed by atoms with van der Waals surface area (Å²) in [5, 5.41) is 13.6. The van der Waals surface area contributed by atoms with Crippen molar-refractivity contribution in [1.29, 1.82) is 0 Å². The minimum Gasteiger partial charge on any atom is -0.275 e. The molecule has 0 saturated heterocycles. The number of halogens is 3. The number of carbonyl (C=O) groups excluding carboxylic acids is 1. The van der Waals surface area contributed by atoms with E-state index < -0.39 is 5.24 Å². The quantitative estimate of drug-likeness (QED) is 0.687. The van der Waals surface area contributed by atoms with Crippen molar-refractivity contribution in [1.82, 2.24) is 20.2 Å². The summed E-state index contributed by atoms with van der Waals surface area (Å²) in [6.07, 6.45) is 0. The van der Waals surface area contributed by atoms with E-state index in [0.29, 0.717) is 19.9 Å². The molecule has 0 bridgehead atoms. The Morgan fingerprint density at radius 2 is 1.86 bits per heavy atom. The summed E-state index contributed by atoms with van der Waals surface area (Å²) in [6, 6.07) is 3.34. The molecule has 0 saturated carbocycles. The van der Waals surface area contributed by atoms with Crippen molar-refractivity contribution in [3.8, 4) is 5.00 Å². The average molecular weight is 384 g/mol. The third kappa shape index (κ3) is 3.92. The molecule has 3 rings (SSSR count). The first kappa shape index (κ1) is 16.2. The molecule has 0 aliphatic rings. The van der Waals surface area contributed by atoms with E-state index >= 15 is 0 Å². The van der Waals surface area contributed by atoms with Gasteiger partial charge in [-0.05, 0) is 44.9 Å². The van der Waals surface area contributed by atoms with Crippen LogP contribution in [-0.4, -0.2) is 25.4 Å². The fraction of sp³-hybridized carbons (Fsp3) is 0. The lowest BCUT2D eigenvalue weighted by Crippen LogP contribution is -2.14. The second kappa shape index (κ2) is 7.19. The predicted octanol–water partition coefficient (Wildman–Crippen LogP) is 3.45. The highest BCUT2D eigenvalue weighted by Crippen LogP contribution is 2.24. The minimum atomic E-state index is -0.491. The molecule has 21 heavy (non-hydrogen) atoms. The first-order valence-corrected chi connectivity index (χ1v) is 8.06. The number of aromatic amines is 1. The Morgan fingerprint density at radius 3 is 2.24 bits per heavy atom. The summed E-state index contributed by atoms with van der Waals surface area (Å²) in [7, 11) is 0. The van der Waals surface area contributed by atoms with Crippen LogP contribution in [0, 0.1) is 0 Å². The summed E-state index contributed by atoms with van der Waals surface area (Å²) in [4.78, 5) is 21.8. The molecule has 110 valence electrons. The summed E-state index contributed by atoms with van der Waals surface area (Å²) in [5.41, 5.74) is -0.389. The van der Waals surface area contributed by atoms with Gasteiger partial charge in [0.1, 0.15) is 9.88 Å². The maximum Gasteiger partial charge on any atom is 0.366 e. The molecule has 0 spiro atoms. The molecule has 0 aliphatic carbocycles. The van der Waals surface area contributed by atoms with Crippen molar-refractivity contribution in [2.75, 3.05) is 0 Å². The Hall–Kier alpha value is -1.19. The van der Waals surface area contributed by atoms with E-state index in [1.807, 2.05) is 0 Å². The molecule has 1 N–H and O–H groups in total. The van der Waals surface area contributed by atoms with Gasteiger partial charge in [-0.25, -0.2) is 9.89 Å². The van der Waals surface area contributed by atoms with Crippen LogP contribution in [0.2, 0.25) is 10.0 Å². The molecule has 6 nitrogen and oxygen atoms in total. The number of hydrogen-bond donors (Lipinski definition) is 1. The fourth-order valence-corrected chi connectivity index (χ4v) is 3.54. The molecule has 0 aromatic carbocycles. The topological polar surface area (TPSA) is 80.6 Å². The standard InChI is InChI=1S/C5H2Cl2OS.C5H3ClN4OS/c6-3-1-2-9-4(3)5(7)8;6-3-1-2-12-4(3)10-5(11)7-8-9-10/h1-2H;1-2H,(H,7,9,11). The van der Waals surface area contributed by atoms with Crippen LogP contribution in [0.5, 0.6) is 0 Å². The maximum atomic E-state index is 11.0. The van der Waals surface area contributed by atoms with Crippen LogP contribution >= 0.6 is 57.5 Å². The summed E-state index contributed by atoms with van der Waals surface area (Å²) in [5.74, 6) is 0. The molecule has 3 aromatic rings. The van der Waals surface area contributed by atoms with E-state index in [-0.39, 0.29) is 5.69 Å². The maximum absolute atomic E-state index is 11.0. The zero-order chi connectivity index (χ0) is 15.4. The zero-order valence-electron chi connectivity index (χ0n) is 9.92. The van der Waals surface area contributed by atoms with E-state index in [2.05, 4.69) is 15.5 Å². The summed E-state index contributed by atoms with van der Waals surface area (Å²) < 4.78 is 1.12. The van der Waals surface area contributed by atoms with Crippen molar-refractivity contribution >= 4 is 62.7 Å². The third-order valence-corrected chi connectivity index (χ3v) is 5.01. The van der Waals surface area contributed by atoms with Gasteiger partial charge in [-0.2, -0.15) is 0 Å². The Bertz CT molecular complexity index is 807. The zero-order valence-corrected chi connectivity index (χ0v) is 13.8. The average Bonchev–Trinajstić information content (AvgIpc) is 3.12. The number of aromatic nitrogens is 4. The summed E-state index contributed by atoms with van der Waals surface area (Å²) >= 11 is 19.0. The normalized spacial score (nSPS) is 10.0. The Kier molecular flexibility index (Phi) is 5.54. The third-order valence-electron chi connectivity index (χ3n) is 2.06. The van der Waals surface area contributed by atoms with E-state index in [4.69, 9.17) is 34.8 Å². The lowest BCUT2D eigenvalue weighted by Gasteiger charge is -1.90. The van der Waals surface area contributed by atoms with Crippen LogP contribution < -0.4 is 5.69 Å². The van der Waals surface area contributed by atoms with Crippen LogP contribution in [0.4, 0.5) is 0 Å². The van der Waals surface area contributed by atoms with E-state index in [1.165, 1.54) is 22.7 Å². The predicted molar refractivity (Wildman–Crippen MR) is 84.4 cm³/mol. The largest absolute Gasteiger partial charge is 0.366 e. The SMILES string of the molecule is O=C(Cl)c1sccc1Cl.O=c1[nH]nnn1-c1sccc1Cl. The van der Waals surface area contributed by atoms with Gasteiger partial charge in [-0.3, -0.25) is 4.79 Å². The molecular formula is C10H5Cl3N4O2S2. The molecular weight excluding hydrogens is 379 g/mol. The molecule has 3 heterocycles. The van der Waals surface area contributed by atoms with Crippen LogP contribution in [0.15, 0.2) is 27.7 Å². The Labute approximate surface area is 140 Å². The fourth-order valence-electron chi connectivity index (χ4n) is 1.20. The second-order valence-corrected chi connectivity index (χ2v) is 6.33. The Morgan fingerprint density at radius 1 is 1.19 bits per heavy atom. The van der Waals surface area contributed by atoms with Crippen molar-refractivity contribution < 1.29 is 4.79 Å². The monoisotopic (exact) mass is 382 g/mol. The van der Waals surface area contributed by atoms with Crippen LogP contribution in [-0.2, 0) is 0 Å². The first-order valence-electron chi connectivity index (χ1n) is 5.17. The van der Waals surface area contributed by atoms with Gasteiger partial charge in [0, 0.05) is 0 Å². The number of nitrogens with zero attached hydrogens (tertiary/aromatic N) is 3. The first-order chi connectivity index (χ1) is 10.0. The van der Waals surface area contributed by atoms with Crippen LogP contribution in [0.25, 0.3) is 5.00 Å². The van der Waals surface area contributed by atoms with Crippen molar-refractivity contribution in [2.45, 2.75) is 0 Å². The lowest BCUT2D eigenvalue weighted by atomic mass is 10.5. The Balaban J connectivity index is 0.000000161. The lowest BCUT2D eigenvalue weighted by molar-refractivity contribution is 0.108. The molecule has 0 aliphatic heterocycles. The highest BCUT2D eigenvalue weighted by molar-refractivity contribution is 7.14. The molecule has 0 unspecified atom stereocenters. The van der Waals surface area contributed by atoms with Crippen molar-refractivity contribution in [2.24, 2.45) is 0 Å². The highest BCUT2D eigenvalue weighted by atomic mass is 35.5. The number of rotatable bonds is 2. The number of hydrogen-bond acceptors (Lipinski definition) is 6.